The van der Waals surface area contributed by atoms with Crippen LogP contribution in [-0.2, 0) is 33.3 Å². The molecule has 101 heavy (non-hydrogen) atoms. The summed E-state index contributed by atoms with van der Waals surface area (Å²) in [4.78, 5) is 37.8. The molecule has 0 amide bonds. The molecule has 0 spiro atoms. The van der Waals surface area contributed by atoms with Crippen molar-refractivity contribution in [2.75, 3.05) is 47.5 Å². The Bertz CT molecular complexity index is 1900. The topological polar surface area (TPSA) is 108 Å². The first-order valence-electron chi connectivity index (χ1n) is 44.1. The van der Waals surface area contributed by atoms with Gasteiger partial charge in [0.25, 0.3) is 6.29 Å². The van der Waals surface area contributed by atoms with Gasteiger partial charge in [0.1, 0.15) is 13.2 Å². The Balaban J connectivity index is 3.90. The standard InChI is InChI=1S/C92H169NO8/c1-6-8-10-12-14-16-18-20-22-24-26-28-30-32-34-36-38-40-42-43-44-45-46-47-49-50-52-54-56-58-60-62-64-66-68-70-72-74-76-78-80-82-89(94)99-86-88(87-100-92(91(96)97)98-85-84-93(3,4)5)101-90(95)83-81-79-77-75-73-71-69-67-65-63-61-59-57-55-53-51-48-41-39-37-35-33-31-29-27-25-23-21-19-17-15-13-11-9-7-2/h9,11,15,17-18,20-21,23-24,26-27,29,88,92H,6-8,10,12-14,16,19,22,25,28,30-87H2,1-5H3/p+1/b11-9-,17-15-,20-18-,23-21-,26-24-,29-27-. The molecule has 2 atom stereocenters. The van der Waals surface area contributed by atoms with Gasteiger partial charge in [-0.05, 0) is 83.5 Å². The van der Waals surface area contributed by atoms with Crippen molar-refractivity contribution in [3.63, 3.8) is 0 Å². The number of carboxylic acid groups (broad SMARTS) is 1. The Morgan fingerprint density at radius 1 is 0.307 bits per heavy atom. The number of carbonyl (C=O) groups is 3. The Kier molecular flexibility index (Phi) is 79.7. The molecule has 0 heterocycles. The molecule has 9 heteroatoms. The van der Waals surface area contributed by atoms with Crippen LogP contribution < -0.4 is 0 Å². The van der Waals surface area contributed by atoms with Crippen molar-refractivity contribution in [2.24, 2.45) is 0 Å². The highest BCUT2D eigenvalue weighted by Crippen LogP contribution is 2.21. The molecule has 0 aromatic heterocycles. The van der Waals surface area contributed by atoms with Crippen LogP contribution in [0.25, 0.3) is 0 Å². The number of unbranched alkanes of at least 4 members (excludes halogenated alkanes) is 56. The second-order valence-corrected chi connectivity index (χ2v) is 31.2. The van der Waals surface area contributed by atoms with Gasteiger partial charge >= 0.3 is 17.9 Å². The zero-order valence-electron chi connectivity index (χ0n) is 67.8. The lowest BCUT2D eigenvalue weighted by Gasteiger charge is -2.25. The molecule has 0 aliphatic heterocycles. The van der Waals surface area contributed by atoms with E-state index in [9.17, 15) is 19.5 Å². The largest absolute Gasteiger partial charge is 0.477 e. The molecule has 0 rings (SSSR count). The maximum atomic E-state index is 13.0. The van der Waals surface area contributed by atoms with Crippen LogP contribution >= 0.6 is 0 Å². The number of ether oxygens (including phenoxy) is 4. The van der Waals surface area contributed by atoms with Gasteiger partial charge in [-0.15, -0.1) is 0 Å². The smallest absolute Gasteiger partial charge is 0.361 e. The van der Waals surface area contributed by atoms with E-state index in [4.69, 9.17) is 18.9 Å². The molecule has 9 nitrogen and oxygen atoms in total. The zero-order chi connectivity index (χ0) is 73.2. The van der Waals surface area contributed by atoms with E-state index in [1.807, 2.05) is 21.1 Å². The van der Waals surface area contributed by atoms with E-state index < -0.39 is 18.4 Å². The molecule has 0 aliphatic rings. The molecule has 590 valence electrons. The summed E-state index contributed by atoms with van der Waals surface area (Å²) in [5.74, 6) is -1.97. The van der Waals surface area contributed by atoms with Crippen molar-refractivity contribution >= 4 is 17.9 Å². The van der Waals surface area contributed by atoms with Crippen LogP contribution in [-0.4, -0.2) is 87.4 Å². The van der Waals surface area contributed by atoms with E-state index in [0.717, 1.165) is 70.6 Å². The van der Waals surface area contributed by atoms with Crippen molar-refractivity contribution in [2.45, 2.75) is 450 Å². The summed E-state index contributed by atoms with van der Waals surface area (Å²) < 4.78 is 23.1. The Morgan fingerprint density at radius 2 is 0.564 bits per heavy atom. The number of hydrogen-bond donors (Lipinski definition) is 1. The number of esters is 2. The Hall–Kier alpha value is -3.27. The van der Waals surface area contributed by atoms with Gasteiger partial charge in [0, 0.05) is 12.8 Å². The molecule has 0 aromatic carbocycles. The summed E-state index contributed by atoms with van der Waals surface area (Å²) in [7, 11) is 6.00. The third-order valence-electron chi connectivity index (χ3n) is 19.9. The average Bonchev–Trinajstić information content (AvgIpc) is 1.25. The first-order valence-corrected chi connectivity index (χ1v) is 44.1. The first kappa shape index (κ1) is 97.7. The summed E-state index contributed by atoms with van der Waals surface area (Å²) in [5, 5.41) is 9.79. The van der Waals surface area contributed by atoms with Crippen LogP contribution in [0.1, 0.15) is 438 Å². The third kappa shape index (κ3) is 83.9. The monoisotopic (exact) mass is 1420 g/mol. The van der Waals surface area contributed by atoms with E-state index in [-0.39, 0.29) is 38.2 Å². The van der Waals surface area contributed by atoms with Crippen LogP contribution in [0.5, 0.6) is 0 Å². The van der Waals surface area contributed by atoms with Gasteiger partial charge in [0.2, 0.25) is 0 Å². The number of rotatable bonds is 83. The highest BCUT2D eigenvalue weighted by atomic mass is 16.7. The maximum Gasteiger partial charge on any atom is 0.361 e. The molecule has 0 bridgehead atoms. The molecule has 1 N–H and O–H groups in total. The zero-order valence-corrected chi connectivity index (χ0v) is 67.8. The van der Waals surface area contributed by atoms with E-state index in [2.05, 4.69) is 86.8 Å². The quantitative estimate of drug-likeness (QED) is 0.0211. The van der Waals surface area contributed by atoms with E-state index >= 15 is 0 Å². The van der Waals surface area contributed by atoms with Gasteiger partial charge in [-0.3, -0.25) is 9.59 Å². The predicted octanol–water partition coefficient (Wildman–Crippen LogP) is 28.7. The average molecular weight is 1420 g/mol. The first-order chi connectivity index (χ1) is 49.6. The van der Waals surface area contributed by atoms with Crippen molar-refractivity contribution in [1.29, 1.82) is 0 Å². The second kappa shape index (κ2) is 82.4. The van der Waals surface area contributed by atoms with Crippen molar-refractivity contribution < 1.29 is 42.9 Å². The van der Waals surface area contributed by atoms with Crippen LogP contribution in [0.2, 0.25) is 0 Å². The Morgan fingerprint density at radius 3 is 0.842 bits per heavy atom. The molecule has 0 aliphatic carbocycles. The fourth-order valence-electron chi connectivity index (χ4n) is 13.3. The van der Waals surface area contributed by atoms with Gasteiger partial charge in [0.15, 0.2) is 6.10 Å². The minimum atomic E-state index is -1.51. The number of allylic oxidation sites excluding steroid dienone is 12. The number of likely N-dealkylation sites (N-methyl/N-ethyl adjacent to an activating group) is 1. The molecule has 0 saturated heterocycles. The summed E-state index contributed by atoms with van der Waals surface area (Å²) in [6, 6.07) is 0. The van der Waals surface area contributed by atoms with Gasteiger partial charge in [-0.2, -0.15) is 0 Å². The lowest BCUT2D eigenvalue weighted by atomic mass is 10.0. The number of aliphatic carboxylic acids is 1. The van der Waals surface area contributed by atoms with Gasteiger partial charge in [-0.1, -0.05) is 414 Å². The molecule has 0 saturated carbocycles. The van der Waals surface area contributed by atoms with Crippen LogP contribution in [0.15, 0.2) is 72.9 Å². The SMILES string of the molecule is CC/C=C\C/C=C\C/C=C\C/C=C\CCCCCCCCCCCCCCCCCCCCCCCCC(=O)OC(COC(=O)CCCCCCCCCCCCCCCCCCCCCCCCCCCCCCC/C=C\C/C=C\CCCCCCC)COC(OCC[N+](C)(C)C)C(=O)O. The predicted molar refractivity (Wildman–Crippen MR) is 438 cm³/mol. The summed E-state index contributed by atoms with van der Waals surface area (Å²) >= 11 is 0. The van der Waals surface area contributed by atoms with Gasteiger partial charge < -0.3 is 28.5 Å². The third-order valence-corrected chi connectivity index (χ3v) is 19.9. The fraction of sp³-hybridized carbons (Fsp3) is 0.837. The normalized spacial score (nSPS) is 12.9. The summed E-state index contributed by atoms with van der Waals surface area (Å²) in [6.07, 6.45) is 110. The highest BCUT2D eigenvalue weighted by molar-refractivity contribution is 5.71. The highest BCUT2D eigenvalue weighted by Gasteiger charge is 2.25. The van der Waals surface area contributed by atoms with Crippen LogP contribution in [0, 0.1) is 0 Å². The van der Waals surface area contributed by atoms with Crippen molar-refractivity contribution in [1.82, 2.24) is 0 Å². The van der Waals surface area contributed by atoms with Crippen LogP contribution in [0.4, 0.5) is 0 Å². The molecule has 0 aromatic rings. The van der Waals surface area contributed by atoms with Crippen molar-refractivity contribution in [3.05, 3.63) is 72.9 Å². The molecular formula is C92H170NO8+. The number of hydrogen-bond acceptors (Lipinski definition) is 7. The van der Waals surface area contributed by atoms with E-state index in [1.165, 1.54) is 340 Å². The lowest BCUT2D eigenvalue weighted by Crippen LogP contribution is -2.40. The number of carbonyl (C=O) groups excluding carboxylic acids is 2. The summed E-state index contributed by atoms with van der Waals surface area (Å²) in [6.45, 7) is 4.83. The minimum absolute atomic E-state index is 0.176. The molecular weight excluding hydrogens is 1250 g/mol. The van der Waals surface area contributed by atoms with E-state index in [0.29, 0.717) is 17.4 Å². The molecule has 2 unspecified atom stereocenters. The van der Waals surface area contributed by atoms with Crippen LogP contribution in [0.3, 0.4) is 0 Å². The van der Waals surface area contributed by atoms with Gasteiger partial charge in [-0.25, -0.2) is 4.79 Å². The minimum Gasteiger partial charge on any atom is -0.477 e. The Labute approximate surface area is 628 Å². The van der Waals surface area contributed by atoms with Gasteiger partial charge in [0.05, 0.1) is 34.4 Å². The maximum absolute atomic E-state index is 13.0. The summed E-state index contributed by atoms with van der Waals surface area (Å²) in [5.41, 5.74) is 0. The second-order valence-electron chi connectivity index (χ2n) is 31.2. The van der Waals surface area contributed by atoms with Crippen molar-refractivity contribution in [3.8, 4) is 0 Å². The number of quaternary nitrogens is 1. The fourth-order valence-corrected chi connectivity index (χ4v) is 13.3. The molecule has 0 fully saturated rings. The lowest BCUT2D eigenvalue weighted by molar-refractivity contribution is -0.870. The number of carboxylic acids is 1. The number of nitrogens with zero attached hydrogens (tertiary/aromatic N) is 1. The molecule has 0 radical (unpaired) electrons. The van der Waals surface area contributed by atoms with E-state index in [1.54, 1.807) is 0 Å².